The fraction of sp³-hybridized carbons (Fsp3) is 0.417. The van der Waals surface area contributed by atoms with Crippen molar-refractivity contribution in [3.05, 3.63) is 35.9 Å². The van der Waals surface area contributed by atoms with Crippen LogP contribution in [0.15, 0.2) is 30.3 Å². The lowest BCUT2D eigenvalue weighted by Gasteiger charge is -1.97. The molecule has 0 fully saturated rings. The standard InChI is InChI=1S/C10H11FO.C2H6O/c11-8-4-7-10(12)9-5-2-1-3-6-9;1-2-3/h1-3,5-6H,4,7-8H2;3H,2H2,1H3. The fourth-order valence-electron chi connectivity index (χ4n) is 0.996. The number of carbonyl (C=O) groups excluding carboxylic acids is 1. The zero-order valence-corrected chi connectivity index (χ0v) is 8.95. The molecule has 1 rings (SSSR count). The number of ketones is 1. The van der Waals surface area contributed by atoms with Crippen LogP contribution in [0.5, 0.6) is 0 Å². The first-order valence-corrected chi connectivity index (χ1v) is 5.01. The highest BCUT2D eigenvalue weighted by atomic mass is 19.1. The molecule has 0 aliphatic rings. The second-order valence-corrected chi connectivity index (χ2v) is 2.90. The molecule has 0 spiro atoms. The number of aliphatic hydroxyl groups excluding tert-OH is 1. The molecule has 84 valence electrons. The van der Waals surface area contributed by atoms with Gasteiger partial charge in [-0.3, -0.25) is 9.18 Å². The lowest BCUT2D eigenvalue weighted by Crippen LogP contribution is -1.98. The molecule has 0 atom stereocenters. The molecule has 1 aromatic rings. The number of Topliss-reactive ketones (excluding diaryl/α,β-unsaturated/α-hetero) is 1. The predicted molar refractivity (Wildman–Crippen MR) is 58.7 cm³/mol. The Hall–Kier alpha value is -1.22. The van der Waals surface area contributed by atoms with Crippen molar-refractivity contribution < 1.29 is 14.3 Å². The average Bonchev–Trinajstić information content (AvgIpc) is 2.28. The summed E-state index contributed by atoms with van der Waals surface area (Å²) in [6.45, 7) is 1.51. The van der Waals surface area contributed by atoms with Crippen molar-refractivity contribution in [2.24, 2.45) is 0 Å². The topological polar surface area (TPSA) is 37.3 Å². The Balaban J connectivity index is 0.000000583. The number of carbonyl (C=O) groups is 1. The molecule has 0 unspecified atom stereocenters. The van der Waals surface area contributed by atoms with Gasteiger partial charge in [0.05, 0.1) is 6.67 Å². The van der Waals surface area contributed by atoms with Crippen LogP contribution in [0.2, 0.25) is 0 Å². The molecule has 3 heteroatoms. The van der Waals surface area contributed by atoms with Crippen LogP contribution in [-0.2, 0) is 0 Å². The van der Waals surface area contributed by atoms with Gasteiger partial charge in [-0.15, -0.1) is 0 Å². The third kappa shape index (κ3) is 6.80. The SMILES string of the molecule is CCO.O=C(CCCF)c1ccccc1. The van der Waals surface area contributed by atoms with E-state index in [0.29, 0.717) is 18.4 Å². The summed E-state index contributed by atoms with van der Waals surface area (Å²) in [4.78, 5) is 11.2. The molecular formula is C12H17FO2. The minimum absolute atomic E-state index is 0.0215. The first-order chi connectivity index (χ1) is 7.26. The van der Waals surface area contributed by atoms with E-state index in [4.69, 9.17) is 5.11 Å². The van der Waals surface area contributed by atoms with Crippen LogP contribution >= 0.6 is 0 Å². The van der Waals surface area contributed by atoms with Gasteiger partial charge in [0, 0.05) is 18.6 Å². The van der Waals surface area contributed by atoms with Crippen LogP contribution in [0.4, 0.5) is 4.39 Å². The van der Waals surface area contributed by atoms with E-state index in [1.165, 1.54) is 0 Å². The van der Waals surface area contributed by atoms with Crippen LogP contribution in [0.25, 0.3) is 0 Å². The van der Waals surface area contributed by atoms with Gasteiger partial charge in [0.15, 0.2) is 5.78 Å². The third-order valence-electron chi connectivity index (χ3n) is 1.63. The number of aliphatic hydroxyl groups is 1. The van der Waals surface area contributed by atoms with Gasteiger partial charge in [-0.2, -0.15) is 0 Å². The lowest BCUT2D eigenvalue weighted by molar-refractivity contribution is 0.0977. The Bertz CT molecular complexity index is 260. The fourth-order valence-corrected chi connectivity index (χ4v) is 0.996. The zero-order valence-electron chi connectivity index (χ0n) is 8.95. The summed E-state index contributed by atoms with van der Waals surface area (Å²) < 4.78 is 11.7. The van der Waals surface area contributed by atoms with E-state index in [-0.39, 0.29) is 12.4 Å². The van der Waals surface area contributed by atoms with Crippen LogP contribution in [0.3, 0.4) is 0 Å². The van der Waals surface area contributed by atoms with E-state index in [9.17, 15) is 9.18 Å². The monoisotopic (exact) mass is 212 g/mol. The summed E-state index contributed by atoms with van der Waals surface area (Å²) in [6.07, 6.45) is 0.633. The molecule has 0 radical (unpaired) electrons. The zero-order chi connectivity index (χ0) is 11.5. The number of hydrogen-bond acceptors (Lipinski definition) is 2. The molecule has 2 nitrogen and oxygen atoms in total. The number of benzene rings is 1. The van der Waals surface area contributed by atoms with Gasteiger partial charge in [0.25, 0.3) is 0 Å². The normalized spacial score (nSPS) is 9.00. The van der Waals surface area contributed by atoms with E-state index in [2.05, 4.69) is 0 Å². The van der Waals surface area contributed by atoms with E-state index >= 15 is 0 Å². The van der Waals surface area contributed by atoms with E-state index < -0.39 is 6.67 Å². The van der Waals surface area contributed by atoms with Gasteiger partial charge < -0.3 is 5.11 Å². The van der Waals surface area contributed by atoms with Crippen molar-refractivity contribution >= 4 is 5.78 Å². The van der Waals surface area contributed by atoms with Crippen molar-refractivity contribution in [1.82, 2.24) is 0 Å². The lowest BCUT2D eigenvalue weighted by atomic mass is 10.1. The maximum absolute atomic E-state index is 11.7. The van der Waals surface area contributed by atoms with Crippen LogP contribution in [-0.4, -0.2) is 24.2 Å². The molecule has 0 saturated heterocycles. The Kier molecular flexibility index (Phi) is 8.58. The van der Waals surface area contributed by atoms with Crippen LogP contribution in [0.1, 0.15) is 30.1 Å². The van der Waals surface area contributed by atoms with Crippen molar-refractivity contribution in [3.8, 4) is 0 Å². The summed E-state index contributed by atoms with van der Waals surface area (Å²) in [5.41, 5.74) is 0.672. The number of rotatable bonds is 4. The summed E-state index contributed by atoms with van der Waals surface area (Å²) in [5, 5.41) is 7.57. The highest BCUT2D eigenvalue weighted by Crippen LogP contribution is 2.04. The Morgan fingerprint density at radius 2 is 1.87 bits per heavy atom. The molecule has 0 aliphatic heterocycles. The number of halogens is 1. The Labute approximate surface area is 89.7 Å². The van der Waals surface area contributed by atoms with Gasteiger partial charge in [0.1, 0.15) is 0 Å². The summed E-state index contributed by atoms with van der Waals surface area (Å²) in [7, 11) is 0. The Morgan fingerprint density at radius 1 is 1.33 bits per heavy atom. The van der Waals surface area contributed by atoms with Crippen molar-refractivity contribution in [3.63, 3.8) is 0 Å². The highest BCUT2D eigenvalue weighted by molar-refractivity contribution is 5.95. The summed E-state index contributed by atoms with van der Waals surface area (Å²) in [5.74, 6) is 0.0215. The molecule has 1 N–H and O–H groups in total. The smallest absolute Gasteiger partial charge is 0.162 e. The minimum Gasteiger partial charge on any atom is -0.397 e. The molecule has 0 saturated carbocycles. The van der Waals surface area contributed by atoms with Gasteiger partial charge in [0.2, 0.25) is 0 Å². The molecule has 1 aromatic carbocycles. The molecule has 0 bridgehead atoms. The largest absolute Gasteiger partial charge is 0.397 e. The Morgan fingerprint density at radius 3 is 2.33 bits per heavy atom. The predicted octanol–water partition coefficient (Wildman–Crippen LogP) is 2.62. The third-order valence-corrected chi connectivity index (χ3v) is 1.63. The first kappa shape index (κ1) is 13.8. The second kappa shape index (κ2) is 9.34. The van der Waals surface area contributed by atoms with E-state index in [0.717, 1.165) is 0 Å². The average molecular weight is 212 g/mol. The molecule has 0 heterocycles. The van der Waals surface area contributed by atoms with Gasteiger partial charge in [-0.05, 0) is 13.3 Å². The van der Waals surface area contributed by atoms with E-state index in [1.54, 1.807) is 19.1 Å². The quantitative estimate of drug-likeness (QED) is 0.779. The van der Waals surface area contributed by atoms with Crippen molar-refractivity contribution in [2.45, 2.75) is 19.8 Å². The van der Waals surface area contributed by atoms with E-state index in [1.807, 2.05) is 18.2 Å². The molecule has 0 aliphatic carbocycles. The van der Waals surface area contributed by atoms with Crippen molar-refractivity contribution in [2.75, 3.05) is 13.3 Å². The molecule has 0 amide bonds. The van der Waals surface area contributed by atoms with Crippen LogP contribution in [0, 0.1) is 0 Å². The van der Waals surface area contributed by atoms with Gasteiger partial charge >= 0.3 is 0 Å². The molecular weight excluding hydrogens is 195 g/mol. The number of alkyl halides is 1. The first-order valence-electron chi connectivity index (χ1n) is 5.01. The van der Waals surface area contributed by atoms with Crippen molar-refractivity contribution in [1.29, 1.82) is 0 Å². The highest BCUT2D eigenvalue weighted by Gasteiger charge is 2.02. The van der Waals surface area contributed by atoms with Gasteiger partial charge in [-0.1, -0.05) is 30.3 Å². The summed E-state index contributed by atoms with van der Waals surface area (Å²) in [6, 6.07) is 8.97. The van der Waals surface area contributed by atoms with Crippen LogP contribution < -0.4 is 0 Å². The number of hydrogen-bond donors (Lipinski definition) is 1. The second-order valence-electron chi connectivity index (χ2n) is 2.90. The van der Waals surface area contributed by atoms with Gasteiger partial charge in [-0.25, -0.2) is 0 Å². The summed E-state index contributed by atoms with van der Waals surface area (Å²) >= 11 is 0. The maximum Gasteiger partial charge on any atom is 0.162 e. The minimum atomic E-state index is -0.418. The molecule has 15 heavy (non-hydrogen) atoms. The maximum atomic E-state index is 11.7. The molecule has 0 aromatic heterocycles.